The maximum Gasteiger partial charge on any atom is 0.307 e. The smallest absolute Gasteiger partial charge is 0.307 e. The molecular formula is C15H21ClO3. The summed E-state index contributed by atoms with van der Waals surface area (Å²) in [4.78, 5) is 11.3. The van der Waals surface area contributed by atoms with Crippen molar-refractivity contribution in [2.45, 2.75) is 33.3 Å². The van der Waals surface area contributed by atoms with Gasteiger partial charge in [-0.25, -0.2) is 0 Å². The first-order valence-electron chi connectivity index (χ1n) is 6.26. The zero-order valence-electron chi connectivity index (χ0n) is 12.0. The molecule has 0 amide bonds. The molecule has 0 saturated carbocycles. The Morgan fingerprint density at radius 1 is 1.58 bits per heavy atom. The molecule has 19 heavy (non-hydrogen) atoms. The second-order valence-electron chi connectivity index (χ2n) is 4.86. The van der Waals surface area contributed by atoms with Crippen LogP contribution in [0.1, 0.15) is 27.7 Å². The molecule has 0 aromatic heterocycles. The molecule has 0 heterocycles. The maximum absolute atomic E-state index is 11.3. The van der Waals surface area contributed by atoms with Gasteiger partial charge in [0.05, 0.1) is 6.61 Å². The van der Waals surface area contributed by atoms with Crippen molar-refractivity contribution in [1.29, 1.82) is 0 Å². The average molecular weight is 285 g/mol. The Bertz CT molecular complexity index is 437. The Labute approximate surface area is 119 Å². The van der Waals surface area contributed by atoms with Crippen molar-refractivity contribution < 1.29 is 14.3 Å². The summed E-state index contributed by atoms with van der Waals surface area (Å²) in [6.45, 7) is 11.2. The number of halogens is 1. The third-order valence-corrected chi connectivity index (χ3v) is 3.79. The molecule has 2 atom stereocenters. The molecule has 1 aliphatic carbocycles. The molecular weight excluding hydrogens is 264 g/mol. The summed E-state index contributed by atoms with van der Waals surface area (Å²) in [5, 5.41) is 0. The van der Waals surface area contributed by atoms with Gasteiger partial charge in [0.2, 0.25) is 0 Å². The van der Waals surface area contributed by atoms with Gasteiger partial charge in [0, 0.05) is 18.7 Å². The van der Waals surface area contributed by atoms with E-state index in [0.29, 0.717) is 18.2 Å². The number of allylic oxidation sites excluding steroid dienone is 2. The molecule has 0 N–H and O–H groups in total. The van der Waals surface area contributed by atoms with Crippen LogP contribution in [-0.2, 0) is 14.3 Å². The van der Waals surface area contributed by atoms with Crippen molar-refractivity contribution in [3.63, 3.8) is 0 Å². The van der Waals surface area contributed by atoms with Crippen molar-refractivity contribution in [2.24, 2.45) is 5.92 Å². The van der Waals surface area contributed by atoms with Gasteiger partial charge in [0.15, 0.2) is 0 Å². The van der Waals surface area contributed by atoms with Crippen molar-refractivity contribution in [3.05, 3.63) is 35.6 Å². The molecule has 0 radical (unpaired) electrons. The summed E-state index contributed by atoms with van der Waals surface area (Å²) in [6, 6.07) is 0. The average Bonchev–Trinajstić information content (AvgIpc) is 2.36. The molecule has 3 nitrogen and oxygen atoms in total. The lowest BCUT2D eigenvalue weighted by molar-refractivity contribution is -0.143. The van der Waals surface area contributed by atoms with E-state index in [4.69, 9.17) is 21.1 Å². The largest absolute Gasteiger partial charge is 0.428 e. The van der Waals surface area contributed by atoms with Gasteiger partial charge in [-0.05, 0) is 31.9 Å². The highest BCUT2D eigenvalue weighted by molar-refractivity contribution is 6.18. The molecule has 0 aromatic carbocycles. The monoisotopic (exact) mass is 284 g/mol. The first-order chi connectivity index (χ1) is 8.86. The van der Waals surface area contributed by atoms with E-state index in [9.17, 15) is 4.79 Å². The van der Waals surface area contributed by atoms with E-state index in [-0.39, 0.29) is 11.9 Å². The zero-order valence-corrected chi connectivity index (χ0v) is 12.7. The summed E-state index contributed by atoms with van der Waals surface area (Å²) in [6.07, 6.45) is 3.74. The summed E-state index contributed by atoms with van der Waals surface area (Å²) in [7, 11) is 0. The number of hydrogen-bond donors (Lipinski definition) is 0. The van der Waals surface area contributed by atoms with E-state index in [1.807, 2.05) is 20.8 Å². The molecule has 0 aromatic rings. The second-order valence-corrected chi connectivity index (χ2v) is 5.17. The Kier molecular flexibility index (Phi) is 5.39. The Balaban J connectivity index is 3.26. The fraction of sp³-hybridized carbons (Fsp3) is 0.533. The third kappa shape index (κ3) is 3.28. The number of rotatable bonds is 5. The summed E-state index contributed by atoms with van der Waals surface area (Å²) >= 11 is 6.05. The van der Waals surface area contributed by atoms with Crippen LogP contribution in [-0.4, -0.2) is 24.1 Å². The van der Waals surface area contributed by atoms with Crippen LogP contribution in [0, 0.1) is 5.92 Å². The van der Waals surface area contributed by atoms with E-state index >= 15 is 0 Å². The van der Waals surface area contributed by atoms with Crippen LogP contribution in [0.2, 0.25) is 0 Å². The fourth-order valence-corrected chi connectivity index (χ4v) is 2.61. The van der Waals surface area contributed by atoms with E-state index < -0.39 is 5.60 Å². The Morgan fingerprint density at radius 2 is 2.21 bits per heavy atom. The van der Waals surface area contributed by atoms with Gasteiger partial charge in [0.25, 0.3) is 0 Å². The molecule has 1 rings (SSSR count). The van der Waals surface area contributed by atoms with Gasteiger partial charge >= 0.3 is 5.97 Å². The molecule has 1 aliphatic rings. The van der Waals surface area contributed by atoms with Crippen LogP contribution < -0.4 is 0 Å². The van der Waals surface area contributed by atoms with Crippen LogP contribution in [0.25, 0.3) is 0 Å². The van der Waals surface area contributed by atoms with Crippen LogP contribution in [0.4, 0.5) is 0 Å². The maximum atomic E-state index is 11.3. The van der Waals surface area contributed by atoms with E-state index in [2.05, 4.69) is 12.7 Å². The molecule has 4 heteroatoms. The lowest BCUT2D eigenvalue weighted by Crippen LogP contribution is -2.44. The lowest BCUT2D eigenvalue weighted by atomic mass is 9.79. The fourth-order valence-electron chi connectivity index (χ4n) is 2.22. The van der Waals surface area contributed by atoms with E-state index in [1.165, 1.54) is 6.92 Å². The van der Waals surface area contributed by atoms with Gasteiger partial charge in [-0.15, -0.1) is 18.2 Å². The highest BCUT2D eigenvalue weighted by Gasteiger charge is 2.43. The molecule has 0 saturated heterocycles. The zero-order chi connectivity index (χ0) is 14.6. The number of ether oxygens (including phenoxy) is 2. The topological polar surface area (TPSA) is 35.5 Å². The molecule has 0 aliphatic heterocycles. The first kappa shape index (κ1) is 16.0. The van der Waals surface area contributed by atoms with Gasteiger partial charge in [-0.3, -0.25) is 4.79 Å². The lowest BCUT2D eigenvalue weighted by Gasteiger charge is -2.40. The molecule has 2 unspecified atom stereocenters. The van der Waals surface area contributed by atoms with Crippen molar-refractivity contribution in [1.82, 2.24) is 0 Å². The van der Waals surface area contributed by atoms with Crippen LogP contribution in [0.5, 0.6) is 0 Å². The van der Waals surface area contributed by atoms with Gasteiger partial charge < -0.3 is 9.47 Å². The van der Waals surface area contributed by atoms with E-state index in [1.54, 1.807) is 6.08 Å². The predicted octanol–water partition coefficient (Wildman–Crippen LogP) is 3.60. The van der Waals surface area contributed by atoms with Crippen LogP contribution in [0.15, 0.2) is 35.6 Å². The highest BCUT2D eigenvalue weighted by Crippen LogP contribution is 2.41. The minimum absolute atomic E-state index is 0.0489. The van der Waals surface area contributed by atoms with E-state index in [0.717, 1.165) is 11.1 Å². The van der Waals surface area contributed by atoms with Crippen LogP contribution >= 0.6 is 11.6 Å². The summed E-state index contributed by atoms with van der Waals surface area (Å²) < 4.78 is 11.3. The highest BCUT2D eigenvalue weighted by atomic mass is 35.5. The number of esters is 1. The molecule has 0 spiro atoms. The van der Waals surface area contributed by atoms with Crippen molar-refractivity contribution in [2.75, 3.05) is 12.5 Å². The molecule has 106 valence electrons. The van der Waals surface area contributed by atoms with Gasteiger partial charge in [0.1, 0.15) is 11.4 Å². The SMILES string of the molecule is C=CCOC1(C)C(OC(C)=O)=C(C)C(C)=CC1CCl. The van der Waals surface area contributed by atoms with Gasteiger partial charge in [-0.2, -0.15) is 0 Å². The number of carbonyl (C=O) groups is 1. The normalized spacial score (nSPS) is 27.0. The quantitative estimate of drug-likeness (QED) is 0.440. The molecule has 0 bridgehead atoms. The molecule has 0 fully saturated rings. The Hall–Kier alpha value is -1.06. The number of hydrogen-bond acceptors (Lipinski definition) is 3. The minimum atomic E-state index is -0.745. The van der Waals surface area contributed by atoms with Crippen molar-refractivity contribution >= 4 is 17.6 Å². The van der Waals surface area contributed by atoms with Gasteiger partial charge in [-0.1, -0.05) is 12.2 Å². The second kappa shape index (κ2) is 6.40. The third-order valence-electron chi connectivity index (χ3n) is 3.45. The summed E-state index contributed by atoms with van der Waals surface area (Å²) in [5.41, 5.74) is 1.23. The number of alkyl halides is 1. The number of carbonyl (C=O) groups excluding carboxylic acids is 1. The van der Waals surface area contributed by atoms with Crippen LogP contribution in [0.3, 0.4) is 0 Å². The Morgan fingerprint density at radius 3 is 2.68 bits per heavy atom. The predicted molar refractivity (Wildman–Crippen MR) is 77.0 cm³/mol. The summed E-state index contributed by atoms with van der Waals surface area (Å²) in [5.74, 6) is 0.536. The minimum Gasteiger partial charge on any atom is -0.428 e. The first-order valence-corrected chi connectivity index (χ1v) is 6.79. The van der Waals surface area contributed by atoms with Crippen molar-refractivity contribution in [3.8, 4) is 0 Å². The standard InChI is InChI=1S/C15H21ClO3/c1-6-7-18-15(5)13(9-16)8-10(2)11(3)14(15)19-12(4)17/h6,8,13H,1,7,9H2,2-5H3.